The Kier molecular flexibility index (Phi) is 4.00. The molecular weight excluding hydrogens is 280 g/mol. The van der Waals surface area contributed by atoms with Gasteiger partial charge in [0, 0.05) is 6.04 Å². The van der Waals surface area contributed by atoms with Crippen molar-refractivity contribution < 1.29 is 8.42 Å². The van der Waals surface area contributed by atoms with E-state index in [2.05, 4.69) is 4.72 Å². The normalized spacial score (nSPS) is 12.8. The van der Waals surface area contributed by atoms with E-state index < -0.39 is 10.0 Å². The van der Waals surface area contributed by atoms with Gasteiger partial charge >= 0.3 is 0 Å². The highest BCUT2D eigenvalue weighted by Gasteiger charge is 2.20. The van der Waals surface area contributed by atoms with Gasteiger partial charge in [-0.15, -0.1) is 11.3 Å². The van der Waals surface area contributed by atoms with Crippen molar-refractivity contribution in [2.24, 2.45) is 0 Å². The van der Waals surface area contributed by atoms with Crippen LogP contribution in [0.25, 0.3) is 0 Å². The Hall–Kier alpha value is -1.68. The first kappa shape index (κ1) is 13.7. The van der Waals surface area contributed by atoms with Crippen LogP contribution in [0.2, 0.25) is 0 Å². The molecule has 0 saturated heterocycles. The molecule has 0 unspecified atom stereocenters. The van der Waals surface area contributed by atoms with Crippen LogP contribution in [0.1, 0.15) is 23.4 Å². The number of rotatable bonds is 4. The summed E-state index contributed by atoms with van der Waals surface area (Å²) in [6, 6.07) is 13.9. The van der Waals surface area contributed by atoms with Crippen molar-refractivity contribution in [3.63, 3.8) is 0 Å². The van der Waals surface area contributed by atoms with E-state index in [0.717, 1.165) is 16.9 Å². The number of sulfonamides is 1. The molecule has 2 rings (SSSR count). The second-order valence-corrected chi connectivity index (χ2v) is 7.01. The Morgan fingerprint density at radius 2 is 1.89 bits per heavy atom. The van der Waals surface area contributed by atoms with Gasteiger partial charge in [-0.3, -0.25) is 0 Å². The number of nitriles is 1. The largest absolute Gasteiger partial charge is 0.250 e. The van der Waals surface area contributed by atoms with Crippen LogP contribution >= 0.6 is 11.3 Å². The second kappa shape index (κ2) is 5.53. The van der Waals surface area contributed by atoms with Gasteiger partial charge in [-0.25, -0.2) is 13.1 Å². The summed E-state index contributed by atoms with van der Waals surface area (Å²) in [5.41, 5.74) is 0.892. The van der Waals surface area contributed by atoms with Crippen molar-refractivity contribution in [2.75, 3.05) is 0 Å². The van der Waals surface area contributed by atoms with Crippen LogP contribution in [0, 0.1) is 11.3 Å². The quantitative estimate of drug-likeness (QED) is 0.941. The molecule has 2 aromatic rings. The fourth-order valence-corrected chi connectivity index (χ4v) is 3.98. The molecule has 0 aliphatic carbocycles. The zero-order valence-corrected chi connectivity index (χ0v) is 11.8. The zero-order valence-electron chi connectivity index (χ0n) is 10.2. The summed E-state index contributed by atoms with van der Waals surface area (Å²) in [7, 11) is -3.58. The highest BCUT2D eigenvalue weighted by atomic mass is 32.2. The number of nitrogens with zero attached hydrogens (tertiary/aromatic N) is 1. The minimum absolute atomic E-state index is 0.159. The molecule has 1 heterocycles. The van der Waals surface area contributed by atoms with Crippen molar-refractivity contribution in [3.8, 4) is 6.07 Å². The van der Waals surface area contributed by atoms with Crippen LogP contribution in [0.4, 0.5) is 0 Å². The lowest BCUT2D eigenvalue weighted by Crippen LogP contribution is -2.26. The van der Waals surface area contributed by atoms with E-state index in [9.17, 15) is 8.42 Å². The Morgan fingerprint density at radius 1 is 1.21 bits per heavy atom. The monoisotopic (exact) mass is 292 g/mol. The number of hydrogen-bond donors (Lipinski definition) is 1. The summed E-state index contributed by atoms with van der Waals surface area (Å²) in [5.74, 6) is 0. The highest BCUT2D eigenvalue weighted by molar-refractivity contribution is 7.91. The second-order valence-electron chi connectivity index (χ2n) is 3.98. The molecular formula is C13H12N2O2S2. The number of nitrogens with one attached hydrogen (secondary N) is 1. The van der Waals surface area contributed by atoms with Crippen LogP contribution in [0.3, 0.4) is 0 Å². The molecule has 1 aromatic heterocycles. The summed E-state index contributed by atoms with van der Waals surface area (Å²) in [5, 5.41) is 8.72. The predicted molar refractivity (Wildman–Crippen MR) is 74.2 cm³/mol. The molecule has 0 amide bonds. The van der Waals surface area contributed by atoms with Crippen LogP contribution in [-0.4, -0.2) is 8.42 Å². The Morgan fingerprint density at radius 3 is 2.47 bits per heavy atom. The lowest BCUT2D eigenvalue weighted by molar-refractivity contribution is 0.569. The van der Waals surface area contributed by atoms with Crippen LogP contribution in [0.15, 0.2) is 46.7 Å². The van der Waals surface area contributed by atoms with Gasteiger partial charge in [-0.1, -0.05) is 30.3 Å². The number of hydrogen-bond acceptors (Lipinski definition) is 4. The third-order valence-corrected chi connectivity index (χ3v) is 5.61. The first-order valence-corrected chi connectivity index (χ1v) is 7.90. The first-order chi connectivity index (χ1) is 9.03. The van der Waals surface area contributed by atoms with E-state index in [0.29, 0.717) is 4.88 Å². The lowest BCUT2D eigenvalue weighted by Gasteiger charge is -2.13. The summed E-state index contributed by atoms with van der Waals surface area (Å²) in [6.07, 6.45) is 0. The first-order valence-electron chi connectivity index (χ1n) is 5.60. The van der Waals surface area contributed by atoms with Crippen molar-refractivity contribution >= 4 is 21.4 Å². The van der Waals surface area contributed by atoms with Crippen molar-refractivity contribution in [2.45, 2.75) is 17.2 Å². The van der Waals surface area contributed by atoms with Gasteiger partial charge in [0.2, 0.25) is 0 Å². The molecule has 0 saturated carbocycles. The third kappa shape index (κ3) is 3.20. The van der Waals surface area contributed by atoms with Gasteiger partial charge in [0.25, 0.3) is 10.0 Å². The average Bonchev–Trinajstić information content (AvgIpc) is 2.89. The van der Waals surface area contributed by atoms with E-state index in [4.69, 9.17) is 5.26 Å². The van der Waals surface area contributed by atoms with E-state index in [1.807, 2.05) is 36.4 Å². The van der Waals surface area contributed by atoms with E-state index in [-0.39, 0.29) is 10.3 Å². The minimum Gasteiger partial charge on any atom is -0.206 e. The standard InChI is InChI=1S/C13H12N2O2S2/c1-10(11-5-3-2-4-6-11)15-19(16,17)13-8-7-12(9-14)18-13/h2-8,10,15H,1H3/t10-/m0/s1. The maximum atomic E-state index is 12.1. The van der Waals surface area contributed by atoms with Crippen LogP contribution in [-0.2, 0) is 10.0 Å². The maximum Gasteiger partial charge on any atom is 0.250 e. The average molecular weight is 292 g/mol. The summed E-state index contributed by atoms with van der Waals surface area (Å²) in [6.45, 7) is 1.78. The van der Waals surface area contributed by atoms with Crippen LogP contribution in [0.5, 0.6) is 0 Å². The molecule has 1 atom stereocenters. The molecule has 0 radical (unpaired) electrons. The van der Waals surface area contributed by atoms with Gasteiger partial charge in [0.1, 0.15) is 15.2 Å². The fraction of sp³-hybridized carbons (Fsp3) is 0.154. The molecule has 19 heavy (non-hydrogen) atoms. The summed E-state index contributed by atoms with van der Waals surface area (Å²) in [4.78, 5) is 0.382. The minimum atomic E-state index is -3.58. The molecule has 0 fully saturated rings. The van der Waals surface area contributed by atoms with E-state index in [1.165, 1.54) is 12.1 Å². The smallest absolute Gasteiger partial charge is 0.206 e. The van der Waals surface area contributed by atoms with Gasteiger partial charge in [0.15, 0.2) is 0 Å². The molecule has 0 aliphatic rings. The third-order valence-electron chi connectivity index (χ3n) is 2.59. The van der Waals surface area contributed by atoms with Crippen molar-refractivity contribution in [3.05, 3.63) is 52.9 Å². The highest BCUT2D eigenvalue weighted by Crippen LogP contribution is 2.23. The van der Waals surface area contributed by atoms with Gasteiger partial charge < -0.3 is 0 Å². The van der Waals surface area contributed by atoms with Gasteiger partial charge in [0.05, 0.1) is 0 Å². The molecule has 0 aliphatic heterocycles. The molecule has 0 spiro atoms. The Balaban J connectivity index is 2.20. The summed E-state index contributed by atoms with van der Waals surface area (Å²) < 4.78 is 27.0. The topological polar surface area (TPSA) is 70.0 Å². The van der Waals surface area contributed by atoms with E-state index >= 15 is 0 Å². The Bertz CT molecular complexity index is 700. The van der Waals surface area contributed by atoms with Crippen molar-refractivity contribution in [1.82, 2.24) is 4.72 Å². The summed E-state index contributed by atoms with van der Waals surface area (Å²) >= 11 is 0.965. The van der Waals surface area contributed by atoms with Crippen LogP contribution < -0.4 is 4.72 Å². The molecule has 1 aromatic carbocycles. The number of benzene rings is 1. The van der Waals surface area contributed by atoms with Gasteiger partial charge in [-0.05, 0) is 24.6 Å². The zero-order chi connectivity index (χ0) is 13.9. The predicted octanol–water partition coefficient (Wildman–Crippen LogP) is 2.66. The molecule has 0 bridgehead atoms. The maximum absolute atomic E-state index is 12.1. The SMILES string of the molecule is C[C@H](NS(=O)(=O)c1ccc(C#N)s1)c1ccccc1. The molecule has 4 nitrogen and oxygen atoms in total. The van der Waals surface area contributed by atoms with Crippen molar-refractivity contribution in [1.29, 1.82) is 5.26 Å². The molecule has 98 valence electrons. The number of thiophene rings is 1. The van der Waals surface area contributed by atoms with E-state index in [1.54, 1.807) is 6.92 Å². The molecule has 6 heteroatoms. The molecule has 1 N–H and O–H groups in total. The Labute approximate surface area is 116 Å². The lowest BCUT2D eigenvalue weighted by atomic mass is 10.1. The van der Waals surface area contributed by atoms with Gasteiger partial charge in [-0.2, -0.15) is 5.26 Å². The fourth-order valence-electron chi connectivity index (χ4n) is 1.63.